The summed E-state index contributed by atoms with van der Waals surface area (Å²) in [6.07, 6.45) is -0.762. The summed E-state index contributed by atoms with van der Waals surface area (Å²) in [7, 11) is 0. The van der Waals surface area contributed by atoms with Crippen LogP contribution in [0.5, 0.6) is 0 Å². The first-order chi connectivity index (χ1) is 27.2. The summed E-state index contributed by atoms with van der Waals surface area (Å²) in [6, 6.07) is -0.730. The maximum absolute atomic E-state index is 17.6. The normalized spacial score (nSPS) is 50.0. The second-order valence-corrected chi connectivity index (χ2v) is 20.3. The Bertz CT molecular complexity index is 1650. The number of esters is 1. The topological polar surface area (TPSA) is 217 Å². The Balaban J connectivity index is 1.34. The quantitative estimate of drug-likeness (QED) is 0.143. The van der Waals surface area contributed by atoms with E-state index in [0.717, 1.165) is 0 Å². The number of hydrogen-bond acceptors (Lipinski definition) is 12. The molecule has 0 radical (unpaired) electrons. The van der Waals surface area contributed by atoms with Gasteiger partial charge in [0.25, 0.3) is 5.91 Å². The smallest absolute Gasteiger partial charge is 0.311 e. The van der Waals surface area contributed by atoms with Crippen molar-refractivity contribution < 1.29 is 59.3 Å². The van der Waals surface area contributed by atoms with Gasteiger partial charge in [-0.15, -0.1) is 0 Å². The molecule has 4 fully saturated rings. The number of amides is 1. The van der Waals surface area contributed by atoms with Crippen LogP contribution >= 0.6 is 0 Å². The maximum Gasteiger partial charge on any atom is 0.311 e. The first-order valence-electron chi connectivity index (χ1n) is 21.9. The molecule has 5 rings (SSSR count). The van der Waals surface area contributed by atoms with E-state index >= 15 is 4.39 Å². The zero-order valence-electron chi connectivity index (χ0n) is 36.8. The molecule has 1 heterocycles. The Labute approximate surface area is 349 Å². The van der Waals surface area contributed by atoms with Crippen LogP contribution in [0.2, 0.25) is 0 Å². The number of fused-ring (bicyclic) bond motifs is 5. The molecule has 14 heteroatoms. The number of nitrogens with one attached hydrogen (secondary N) is 1. The van der Waals surface area contributed by atoms with E-state index in [0.29, 0.717) is 37.8 Å². The van der Waals surface area contributed by atoms with E-state index in [4.69, 9.17) is 4.74 Å². The molecule has 0 aromatic heterocycles. The van der Waals surface area contributed by atoms with E-state index in [9.17, 15) is 50.1 Å². The fourth-order valence-corrected chi connectivity index (χ4v) is 12.5. The van der Waals surface area contributed by atoms with Crippen LogP contribution < -0.4 is 5.32 Å². The number of carbonyl (C=O) groups is 3. The third kappa shape index (κ3) is 7.78. The maximum atomic E-state index is 17.6. The van der Waals surface area contributed by atoms with E-state index in [-0.39, 0.29) is 44.1 Å². The van der Waals surface area contributed by atoms with E-state index in [2.05, 4.69) is 5.32 Å². The van der Waals surface area contributed by atoms with Crippen molar-refractivity contribution in [3.8, 4) is 0 Å². The van der Waals surface area contributed by atoms with E-state index < -0.39 is 111 Å². The van der Waals surface area contributed by atoms with Crippen molar-refractivity contribution in [2.45, 2.75) is 173 Å². The van der Waals surface area contributed by atoms with E-state index in [1.54, 1.807) is 47.6 Å². The van der Waals surface area contributed by atoms with Crippen molar-refractivity contribution in [3.63, 3.8) is 0 Å². The minimum Gasteiger partial charge on any atom is -0.459 e. The van der Waals surface area contributed by atoms with Gasteiger partial charge in [-0.25, -0.2) is 4.39 Å². The number of aliphatic hydroxyl groups excluding tert-OH is 4. The number of nitrogens with zero attached hydrogens (tertiary/aromatic N) is 1. The second-order valence-electron chi connectivity index (χ2n) is 20.3. The summed E-state index contributed by atoms with van der Waals surface area (Å²) >= 11 is 0. The van der Waals surface area contributed by atoms with Gasteiger partial charge in [0.05, 0.1) is 29.8 Å². The Morgan fingerprint density at radius 3 is 2.24 bits per heavy atom. The van der Waals surface area contributed by atoms with Gasteiger partial charge in [-0.1, -0.05) is 46.3 Å². The summed E-state index contributed by atoms with van der Waals surface area (Å²) < 4.78 is 23.3. The molecule has 1 aliphatic heterocycles. The molecule has 3 saturated carbocycles. The van der Waals surface area contributed by atoms with Crippen LogP contribution in [-0.4, -0.2) is 137 Å². The average Bonchev–Trinajstić information content (AvgIpc) is 3.37. The molecule has 336 valence electrons. The zero-order valence-corrected chi connectivity index (χ0v) is 36.8. The number of alkyl halides is 1. The molecule has 59 heavy (non-hydrogen) atoms. The van der Waals surface area contributed by atoms with Gasteiger partial charge in [0, 0.05) is 48.3 Å². The van der Waals surface area contributed by atoms with Gasteiger partial charge >= 0.3 is 5.97 Å². The van der Waals surface area contributed by atoms with Gasteiger partial charge in [-0.05, 0) is 109 Å². The molecular formula is C45H73FN2O11. The molecule has 0 aromatic rings. The number of hydrogen-bond donors (Lipinski definition) is 8. The third-order valence-electron chi connectivity index (χ3n) is 16.3. The highest BCUT2D eigenvalue weighted by atomic mass is 19.1. The van der Waals surface area contributed by atoms with Gasteiger partial charge in [0.2, 0.25) is 0 Å². The molecule has 4 aliphatic carbocycles. The number of allylic oxidation sites excluding steroid dienone is 4. The molecule has 18 atom stereocenters. The van der Waals surface area contributed by atoms with Gasteiger partial charge in [0.15, 0.2) is 17.1 Å². The Morgan fingerprint density at radius 2 is 1.61 bits per heavy atom. The lowest BCUT2D eigenvalue weighted by atomic mass is 9.44. The Kier molecular flexibility index (Phi) is 13.6. The molecule has 0 aromatic carbocycles. The van der Waals surface area contributed by atoms with Crippen molar-refractivity contribution in [3.05, 3.63) is 23.8 Å². The number of aliphatic hydroxyl groups is 7. The molecule has 13 nitrogen and oxygen atoms in total. The van der Waals surface area contributed by atoms with Crippen molar-refractivity contribution in [1.29, 1.82) is 0 Å². The largest absolute Gasteiger partial charge is 0.459 e. The monoisotopic (exact) mass is 837 g/mol. The number of cyclic esters (lactones) is 1. The predicted molar refractivity (Wildman–Crippen MR) is 218 cm³/mol. The lowest BCUT2D eigenvalue weighted by molar-refractivity contribution is -0.219. The van der Waals surface area contributed by atoms with E-state index in [1.165, 1.54) is 32.9 Å². The second kappa shape index (κ2) is 16.8. The number of ketones is 1. The van der Waals surface area contributed by atoms with Crippen molar-refractivity contribution >= 4 is 17.7 Å². The minimum atomic E-state index is -2.09. The average molecular weight is 837 g/mol. The van der Waals surface area contributed by atoms with Gasteiger partial charge in [-0.3, -0.25) is 19.3 Å². The first kappa shape index (κ1) is 47.7. The molecular weight excluding hydrogens is 763 g/mol. The summed E-state index contributed by atoms with van der Waals surface area (Å²) in [6.45, 7) is 17.2. The van der Waals surface area contributed by atoms with Gasteiger partial charge in [-0.2, -0.15) is 0 Å². The Morgan fingerprint density at radius 1 is 0.966 bits per heavy atom. The number of ether oxygens (including phenoxy) is 1. The minimum absolute atomic E-state index is 0.0942. The van der Waals surface area contributed by atoms with Crippen LogP contribution in [0.15, 0.2) is 23.8 Å². The number of rotatable bonds is 6. The molecule has 1 amide bonds. The van der Waals surface area contributed by atoms with Crippen LogP contribution in [0, 0.1) is 46.3 Å². The summed E-state index contributed by atoms with van der Waals surface area (Å²) in [5.41, 5.74) is -9.29. The zero-order chi connectivity index (χ0) is 44.4. The number of halogens is 1. The number of carbonyl (C=O) groups excluding carboxylic acids is 3. The van der Waals surface area contributed by atoms with Gasteiger partial charge < -0.3 is 45.8 Å². The molecule has 1 saturated heterocycles. The Hall–Kier alpha value is -2.30. The van der Waals surface area contributed by atoms with Crippen LogP contribution in [-0.2, 0) is 19.1 Å². The summed E-state index contributed by atoms with van der Waals surface area (Å²) in [5.74, 6) is -5.56. The van der Waals surface area contributed by atoms with E-state index in [1.807, 2.05) is 11.8 Å². The van der Waals surface area contributed by atoms with Crippen LogP contribution in [0.4, 0.5) is 4.39 Å². The fraction of sp³-hybridized carbons (Fsp3) is 0.844. The molecule has 0 bridgehead atoms. The van der Waals surface area contributed by atoms with Crippen LogP contribution in [0.1, 0.15) is 114 Å². The molecule has 2 unspecified atom stereocenters. The van der Waals surface area contributed by atoms with Crippen molar-refractivity contribution in [2.75, 3.05) is 19.6 Å². The highest BCUT2D eigenvalue weighted by Gasteiger charge is 2.75. The first-order valence-corrected chi connectivity index (χ1v) is 21.9. The highest BCUT2D eigenvalue weighted by Crippen LogP contribution is 2.70. The van der Waals surface area contributed by atoms with Crippen LogP contribution in [0.3, 0.4) is 0 Å². The standard InChI is InChI=1S/C45H73FN2O11/c1-11-34-43(10,57)37(53)28(6)48(23-24(2)21-42(9,56)36(52)26(4)35(51)27(5)38(54)59-34)18-12-17-47-39(55)45(58)25(3)19-32-31-14-13-29-20-30(49)15-16-40(29,7)44(31,46)33(50)22-41(32,45)8/h15-16,20,24-28,31-37,50-53,56-58H,11-14,17-19,21-23H2,1-10H3,(H,47,55)/t24-,25-,26+,27-,28-,31?,32?,33+,34-,35+,36-,37-,40+,41+,42-,43-,44+,45+/m1/s1. The molecule has 8 N–H and O–H groups in total. The lowest BCUT2D eigenvalue weighted by Gasteiger charge is -2.62. The fourth-order valence-electron chi connectivity index (χ4n) is 12.5. The summed E-state index contributed by atoms with van der Waals surface area (Å²) in [5, 5.41) is 84.4. The van der Waals surface area contributed by atoms with Crippen LogP contribution in [0.25, 0.3) is 0 Å². The van der Waals surface area contributed by atoms with Crippen molar-refractivity contribution in [1.82, 2.24) is 10.2 Å². The predicted octanol–water partition coefficient (Wildman–Crippen LogP) is 2.75. The lowest BCUT2D eigenvalue weighted by Crippen LogP contribution is -2.70. The third-order valence-corrected chi connectivity index (χ3v) is 16.3. The van der Waals surface area contributed by atoms with Crippen molar-refractivity contribution in [2.24, 2.45) is 46.3 Å². The molecule has 5 aliphatic rings. The SMILES string of the molecule is CC[C@H]1OC(=O)[C@H](C)[C@@H](O)[C@H](C)[C@@H](O)[C@](C)(O)C[C@@H](C)CN(CCCNC(=O)[C@@]2(O)[C@H](C)CC3C4CCC5=CC(=O)C=C[C@]5(C)[C@@]4(F)[C@@H](O)C[C@@]32C)[C@H](C)[C@@H](O)[C@]1(C)O. The highest BCUT2D eigenvalue weighted by molar-refractivity contribution is 6.01. The molecule has 0 spiro atoms. The van der Waals surface area contributed by atoms with Gasteiger partial charge in [0.1, 0.15) is 17.8 Å². The summed E-state index contributed by atoms with van der Waals surface area (Å²) in [4.78, 5) is 41.6.